The van der Waals surface area contributed by atoms with Crippen LogP contribution in [-0.2, 0) is 12.7 Å². The molecule has 2 N–H and O–H groups in total. The van der Waals surface area contributed by atoms with E-state index in [1.165, 1.54) is 0 Å². The number of aromatic nitrogens is 1. The van der Waals surface area contributed by atoms with E-state index in [1.807, 2.05) is 6.92 Å². The molecule has 1 heterocycles. The van der Waals surface area contributed by atoms with Crippen LogP contribution in [0.25, 0.3) is 0 Å². The lowest BCUT2D eigenvalue weighted by Crippen LogP contribution is -2.37. The Bertz CT molecular complexity index is 400. The van der Waals surface area contributed by atoms with Crippen LogP contribution < -0.4 is 10.6 Å². The number of hydrogen-bond donors (Lipinski definition) is 2. The maximum Gasteiger partial charge on any atom is 0.434 e. The van der Waals surface area contributed by atoms with Gasteiger partial charge in [-0.15, -0.1) is 11.3 Å². The Morgan fingerprint density at radius 2 is 2.17 bits per heavy atom. The summed E-state index contributed by atoms with van der Waals surface area (Å²) in [6.45, 7) is 2.99. The van der Waals surface area contributed by atoms with Gasteiger partial charge < -0.3 is 10.6 Å². The second-order valence-corrected chi connectivity index (χ2v) is 4.42. The first-order valence-electron chi connectivity index (χ1n) is 5.43. The van der Waals surface area contributed by atoms with Gasteiger partial charge in [0.15, 0.2) is 11.7 Å². The summed E-state index contributed by atoms with van der Waals surface area (Å²) in [6.07, 6.45) is -3.44. The molecule has 0 fully saturated rings. The van der Waals surface area contributed by atoms with Crippen molar-refractivity contribution in [3.63, 3.8) is 0 Å². The lowest BCUT2D eigenvalue weighted by atomic mass is 10.5. The molecule has 18 heavy (non-hydrogen) atoms. The van der Waals surface area contributed by atoms with Crippen molar-refractivity contribution in [3.8, 4) is 0 Å². The molecule has 0 saturated heterocycles. The monoisotopic (exact) mass is 280 g/mol. The molecule has 1 rings (SSSR count). The zero-order chi connectivity index (χ0) is 13.6. The van der Waals surface area contributed by atoms with Crippen molar-refractivity contribution in [2.45, 2.75) is 26.1 Å². The van der Waals surface area contributed by atoms with Gasteiger partial charge in [0.25, 0.3) is 0 Å². The third-order valence-corrected chi connectivity index (χ3v) is 2.86. The Morgan fingerprint density at radius 1 is 1.44 bits per heavy atom. The molecular weight excluding hydrogens is 265 g/mol. The summed E-state index contributed by atoms with van der Waals surface area (Å²) in [5.74, 6) is 0.556. The summed E-state index contributed by atoms with van der Waals surface area (Å²) in [4.78, 5) is 7.46. The molecule has 1 aromatic heterocycles. The molecule has 0 bridgehead atoms. The maximum absolute atomic E-state index is 12.3. The Kier molecular flexibility index (Phi) is 5.39. The molecular formula is C10H15F3N4S. The normalized spacial score (nSPS) is 12.6. The van der Waals surface area contributed by atoms with Crippen LogP contribution in [0, 0.1) is 0 Å². The molecule has 0 amide bonds. The van der Waals surface area contributed by atoms with Crippen molar-refractivity contribution in [2.24, 2.45) is 4.99 Å². The van der Waals surface area contributed by atoms with E-state index in [2.05, 4.69) is 20.6 Å². The molecule has 4 nitrogen and oxygen atoms in total. The van der Waals surface area contributed by atoms with Gasteiger partial charge in [-0.05, 0) is 6.42 Å². The number of guanidine groups is 1. The Hall–Kier alpha value is -1.31. The van der Waals surface area contributed by atoms with Gasteiger partial charge >= 0.3 is 6.18 Å². The maximum atomic E-state index is 12.3. The van der Waals surface area contributed by atoms with Crippen LogP contribution in [0.2, 0.25) is 0 Å². The number of nitrogens with zero attached hydrogens (tertiary/aromatic N) is 2. The summed E-state index contributed by atoms with van der Waals surface area (Å²) in [7, 11) is 1.61. The minimum absolute atomic E-state index is 0.226. The Morgan fingerprint density at radius 3 is 2.67 bits per heavy atom. The third kappa shape index (κ3) is 4.52. The number of nitrogens with one attached hydrogen (secondary N) is 2. The quantitative estimate of drug-likeness (QED) is 0.657. The van der Waals surface area contributed by atoms with Gasteiger partial charge in [-0.1, -0.05) is 6.92 Å². The Labute approximate surface area is 107 Å². The molecule has 0 saturated carbocycles. The molecule has 0 unspecified atom stereocenters. The van der Waals surface area contributed by atoms with E-state index in [-0.39, 0.29) is 6.54 Å². The molecule has 0 aliphatic heterocycles. The van der Waals surface area contributed by atoms with Gasteiger partial charge in [0.2, 0.25) is 0 Å². The van der Waals surface area contributed by atoms with Crippen LogP contribution >= 0.6 is 11.3 Å². The third-order valence-electron chi connectivity index (χ3n) is 2.02. The first-order valence-corrected chi connectivity index (χ1v) is 6.31. The summed E-state index contributed by atoms with van der Waals surface area (Å²) in [5.41, 5.74) is -0.846. The van der Waals surface area contributed by atoms with E-state index < -0.39 is 11.9 Å². The number of thiazole rings is 1. The van der Waals surface area contributed by atoms with Crippen LogP contribution in [0.1, 0.15) is 24.0 Å². The van der Waals surface area contributed by atoms with Gasteiger partial charge in [-0.3, -0.25) is 4.99 Å². The van der Waals surface area contributed by atoms with E-state index in [9.17, 15) is 13.2 Å². The first-order chi connectivity index (χ1) is 8.47. The van der Waals surface area contributed by atoms with Crippen molar-refractivity contribution in [1.29, 1.82) is 0 Å². The molecule has 1 aromatic rings. The van der Waals surface area contributed by atoms with Crippen molar-refractivity contribution in [2.75, 3.05) is 13.6 Å². The number of hydrogen-bond acceptors (Lipinski definition) is 3. The molecule has 0 radical (unpaired) electrons. The van der Waals surface area contributed by atoms with Crippen molar-refractivity contribution >= 4 is 17.3 Å². The highest BCUT2D eigenvalue weighted by Gasteiger charge is 2.33. The van der Waals surface area contributed by atoms with Crippen molar-refractivity contribution in [1.82, 2.24) is 15.6 Å². The fraction of sp³-hybridized carbons (Fsp3) is 0.600. The summed E-state index contributed by atoms with van der Waals surface area (Å²) >= 11 is 0.976. The van der Waals surface area contributed by atoms with Gasteiger partial charge in [-0.2, -0.15) is 13.2 Å². The highest BCUT2D eigenvalue weighted by molar-refractivity contribution is 7.09. The fourth-order valence-corrected chi connectivity index (χ4v) is 1.89. The van der Waals surface area contributed by atoms with Gasteiger partial charge in [0.1, 0.15) is 5.01 Å². The highest BCUT2D eigenvalue weighted by Crippen LogP contribution is 2.29. The van der Waals surface area contributed by atoms with Crippen LogP contribution in [-0.4, -0.2) is 24.5 Å². The molecule has 8 heteroatoms. The van der Waals surface area contributed by atoms with Crippen molar-refractivity contribution < 1.29 is 13.2 Å². The van der Waals surface area contributed by atoms with Gasteiger partial charge in [0.05, 0.1) is 6.54 Å². The molecule has 0 aromatic carbocycles. The highest BCUT2D eigenvalue weighted by atomic mass is 32.1. The number of alkyl halides is 3. The number of halogens is 3. The van der Waals surface area contributed by atoms with Gasteiger partial charge in [-0.25, -0.2) is 4.98 Å². The molecule has 0 atom stereocenters. The smallest absolute Gasteiger partial charge is 0.356 e. The largest absolute Gasteiger partial charge is 0.434 e. The molecule has 0 aliphatic carbocycles. The second kappa shape index (κ2) is 6.58. The minimum Gasteiger partial charge on any atom is -0.356 e. The van der Waals surface area contributed by atoms with Crippen LogP contribution in [0.15, 0.2) is 10.4 Å². The number of rotatable bonds is 4. The molecule has 0 spiro atoms. The summed E-state index contributed by atoms with van der Waals surface area (Å²) in [6, 6.07) is 0. The van der Waals surface area contributed by atoms with Crippen molar-refractivity contribution in [3.05, 3.63) is 16.1 Å². The SMILES string of the molecule is CCCNC(=NC)NCc1nc(C(F)(F)F)cs1. The van der Waals surface area contributed by atoms with E-state index >= 15 is 0 Å². The lowest BCUT2D eigenvalue weighted by Gasteiger charge is -2.09. The fourth-order valence-electron chi connectivity index (χ4n) is 1.15. The molecule has 0 aliphatic rings. The predicted molar refractivity (Wildman–Crippen MR) is 65.6 cm³/mol. The lowest BCUT2D eigenvalue weighted by molar-refractivity contribution is -0.140. The van der Waals surface area contributed by atoms with Gasteiger partial charge in [0, 0.05) is 19.0 Å². The average Bonchev–Trinajstić information content (AvgIpc) is 2.78. The van der Waals surface area contributed by atoms with E-state index in [4.69, 9.17) is 0 Å². The van der Waals surface area contributed by atoms with E-state index in [1.54, 1.807) is 7.05 Å². The first kappa shape index (κ1) is 14.7. The standard InChI is InChI=1S/C10H15F3N4S/c1-3-4-15-9(14-2)16-5-8-17-7(6-18-8)10(11,12)13/h6H,3-5H2,1-2H3,(H2,14,15,16). The predicted octanol–water partition coefficient (Wildman–Crippen LogP) is 2.24. The summed E-state index contributed by atoms with van der Waals surface area (Å²) < 4.78 is 37.0. The minimum atomic E-state index is -4.38. The van der Waals surface area contributed by atoms with Crippen LogP contribution in [0.3, 0.4) is 0 Å². The number of aliphatic imine (C=N–C) groups is 1. The average molecular weight is 280 g/mol. The van der Waals surface area contributed by atoms with E-state index in [0.29, 0.717) is 11.0 Å². The van der Waals surface area contributed by atoms with E-state index in [0.717, 1.165) is 29.7 Å². The topological polar surface area (TPSA) is 49.3 Å². The Balaban J connectivity index is 2.51. The van der Waals surface area contributed by atoms with Crippen LogP contribution in [0.4, 0.5) is 13.2 Å². The zero-order valence-electron chi connectivity index (χ0n) is 10.1. The zero-order valence-corrected chi connectivity index (χ0v) is 11.0. The second-order valence-electron chi connectivity index (χ2n) is 3.48. The van der Waals surface area contributed by atoms with Crippen LogP contribution in [0.5, 0.6) is 0 Å². The summed E-state index contributed by atoms with van der Waals surface area (Å²) in [5, 5.41) is 7.31. The molecule has 102 valence electrons.